The van der Waals surface area contributed by atoms with Crippen molar-refractivity contribution in [3.63, 3.8) is 0 Å². The van der Waals surface area contributed by atoms with Crippen molar-refractivity contribution in [1.82, 2.24) is 30.4 Å². The number of carboxylic acids is 1. The van der Waals surface area contributed by atoms with Gasteiger partial charge in [-0.2, -0.15) is 5.26 Å². The van der Waals surface area contributed by atoms with Gasteiger partial charge in [0.1, 0.15) is 18.2 Å². The third kappa shape index (κ3) is 5.98. The van der Waals surface area contributed by atoms with Gasteiger partial charge in [0.2, 0.25) is 5.88 Å². The molecular formula is C30H33F2N7O3. The lowest BCUT2D eigenvalue weighted by Gasteiger charge is -2.32. The van der Waals surface area contributed by atoms with Crippen LogP contribution in [-0.2, 0) is 19.7 Å². The van der Waals surface area contributed by atoms with Gasteiger partial charge in [-0.15, -0.1) is 5.10 Å². The minimum absolute atomic E-state index is 0. The molecule has 0 unspecified atom stereocenters. The molecule has 1 aliphatic heterocycles. The van der Waals surface area contributed by atoms with Gasteiger partial charge in [0, 0.05) is 42.9 Å². The van der Waals surface area contributed by atoms with Crippen molar-refractivity contribution < 1.29 is 23.4 Å². The number of halogens is 2. The Morgan fingerprint density at radius 2 is 1.95 bits per heavy atom. The minimum Gasteiger partial charge on any atom is -0.478 e. The van der Waals surface area contributed by atoms with E-state index in [9.17, 15) is 18.7 Å². The zero-order valence-corrected chi connectivity index (χ0v) is 23.2. The smallest absolute Gasteiger partial charge is 0.335 e. The van der Waals surface area contributed by atoms with Gasteiger partial charge < -0.3 is 20.6 Å². The summed E-state index contributed by atoms with van der Waals surface area (Å²) in [5.41, 5.74) is 1.90. The maximum absolute atomic E-state index is 14.2. The molecule has 10 nitrogen and oxygen atoms in total. The number of nitrogens with zero attached hydrogens (tertiary/aromatic N) is 6. The molecule has 0 atom stereocenters. The molecule has 2 aromatic carbocycles. The topological polar surface area (TPSA) is 144 Å². The number of carboxylic acid groups (broad SMARTS) is 1. The summed E-state index contributed by atoms with van der Waals surface area (Å²) in [4.78, 5) is 18.7. The number of fused-ring (bicyclic) bond motifs is 1. The van der Waals surface area contributed by atoms with Gasteiger partial charge in [-0.25, -0.2) is 14.2 Å². The standard InChI is InChI=1S/C30H30F2N6O3.H3N/c31-18-30(8-9-30)19-37-26-14-21(29(39)40)3-4-25(26)34-27(37)16-36-10-5-23(6-11-36)38-12-7-28(35-38)41-17-22-2-1-20(15-33)13-24(22)32;/h1-4,7,12-14,23H,5-6,8-11,16-19H2,(H,39,40);1H3. The zero-order chi connectivity index (χ0) is 28.6. The fourth-order valence-electron chi connectivity index (χ4n) is 5.48. The molecule has 0 bridgehead atoms. The van der Waals surface area contributed by atoms with Crippen molar-refractivity contribution in [2.75, 3.05) is 19.8 Å². The van der Waals surface area contributed by atoms with Gasteiger partial charge in [-0.05, 0) is 56.0 Å². The highest BCUT2D eigenvalue weighted by atomic mass is 19.1. The van der Waals surface area contributed by atoms with Crippen molar-refractivity contribution in [3.8, 4) is 11.9 Å². The van der Waals surface area contributed by atoms with E-state index in [-0.39, 0.29) is 35.3 Å². The van der Waals surface area contributed by atoms with Crippen LogP contribution in [0, 0.1) is 22.6 Å². The van der Waals surface area contributed by atoms with Gasteiger partial charge in [0.25, 0.3) is 0 Å². The number of alkyl halides is 1. The molecule has 4 N–H and O–H groups in total. The van der Waals surface area contributed by atoms with Gasteiger partial charge >= 0.3 is 5.97 Å². The van der Waals surface area contributed by atoms with Crippen LogP contribution in [0.1, 0.15) is 59.0 Å². The average molecular weight is 578 g/mol. The highest BCUT2D eigenvalue weighted by Crippen LogP contribution is 2.48. The van der Waals surface area contributed by atoms with E-state index >= 15 is 0 Å². The Balaban J connectivity index is 0.00000353. The van der Waals surface area contributed by atoms with Crippen LogP contribution in [0.25, 0.3) is 11.0 Å². The molecule has 1 aliphatic carbocycles. The van der Waals surface area contributed by atoms with Crippen LogP contribution in [0.15, 0.2) is 48.7 Å². The lowest BCUT2D eigenvalue weighted by atomic mass is 10.1. The molecule has 6 rings (SSSR count). The van der Waals surface area contributed by atoms with Crippen LogP contribution >= 0.6 is 0 Å². The second kappa shape index (κ2) is 11.9. The van der Waals surface area contributed by atoms with Crippen molar-refractivity contribution in [1.29, 1.82) is 5.26 Å². The molecule has 42 heavy (non-hydrogen) atoms. The maximum atomic E-state index is 14.2. The average Bonchev–Trinajstić information content (AvgIpc) is 3.47. The quantitative estimate of drug-likeness (QED) is 0.259. The van der Waals surface area contributed by atoms with Gasteiger partial charge in [0.15, 0.2) is 0 Å². The Hall–Kier alpha value is -4.34. The molecular weight excluding hydrogens is 544 g/mol. The van der Waals surface area contributed by atoms with Crippen LogP contribution in [0.5, 0.6) is 5.88 Å². The van der Waals surface area contributed by atoms with Gasteiger partial charge in [-0.3, -0.25) is 14.0 Å². The number of rotatable bonds is 10. The molecule has 0 amide bonds. The summed E-state index contributed by atoms with van der Waals surface area (Å²) in [5, 5.41) is 22.9. The molecule has 1 saturated heterocycles. The van der Waals surface area contributed by atoms with E-state index < -0.39 is 18.5 Å². The van der Waals surface area contributed by atoms with Crippen molar-refractivity contribution in [2.45, 2.75) is 51.4 Å². The van der Waals surface area contributed by atoms with E-state index in [2.05, 4.69) is 10.00 Å². The first-order valence-electron chi connectivity index (χ1n) is 13.7. The second-order valence-electron chi connectivity index (χ2n) is 11.1. The first kappa shape index (κ1) is 29.2. The maximum Gasteiger partial charge on any atom is 0.335 e. The molecule has 1 saturated carbocycles. The molecule has 4 aromatic rings. The fourth-order valence-corrected chi connectivity index (χ4v) is 5.48. The Kier molecular flexibility index (Phi) is 8.24. The Morgan fingerprint density at radius 3 is 2.62 bits per heavy atom. The molecule has 3 heterocycles. The Labute approximate surface area is 241 Å². The van der Waals surface area contributed by atoms with Gasteiger partial charge in [-0.1, -0.05) is 6.07 Å². The van der Waals surface area contributed by atoms with Crippen LogP contribution in [0.2, 0.25) is 0 Å². The van der Waals surface area contributed by atoms with E-state index in [0.29, 0.717) is 24.5 Å². The minimum atomic E-state index is -0.997. The number of piperidine rings is 1. The SMILES string of the molecule is N.N#Cc1ccc(COc2ccn(C3CCN(Cc4nc5ccc(C(=O)O)cc5n4CC4(CF)CC4)CC3)n2)c(F)c1. The number of likely N-dealkylation sites (tertiary alicyclic amines) is 1. The number of carbonyl (C=O) groups is 1. The van der Waals surface area contributed by atoms with Gasteiger partial charge in [0.05, 0.1) is 47.5 Å². The second-order valence-corrected chi connectivity index (χ2v) is 11.1. The monoisotopic (exact) mass is 577 g/mol. The van der Waals surface area contributed by atoms with Crippen molar-refractivity contribution in [2.24, 2.45) is 5.41 Å². The summed E-state index contributed by atoms with van der Waals surface area (Å²) in [6, 6.07) is 13.1. The summed E-state index contributed by atoms with van der Waals surface area (Å²) < 4.78 is 37.6. The van der Waals surface area contributed by atoms with Crippen LogP contribution in [0.3, 0.4) is 0 Å². The molecule has 2 aliphatic rings. The summed E-state index contributed by atoms with van der Waals surface area (Å²) in [5.74, 6) is -0.245. The zero-order valence-electron chi connectivity index (χ0n) is 23.2. The summed E-state index contributed by atoms with van der Waals surface area (Å²) in [7, 11) is 0. The number of aromatic carboxylic acids is 1. The molecule has 2 fully saturated rings. The van der Waals surface area contributed by atoms with Crippen LogP contribution < -0.4 is 10.9 Å². The highest BCUT2D eigenvalue weighted by Gasteiger charge is 2.44. The van der Waals surface area contributed by atoms with Crippen molar-refractivity contribution >= 4 is 17.0 Å². The lowest BCUT2D eigenvalue weighted by molar-refractivity contribution is 0.0697. The normalized spacial score (nSPS) is 16.6. The molecule has 12 heteroatoms. The van der Waals surface area contributed by atoms with E-state index in [4.69, 9.17) is 15.0 Å². The lowest BCUT2D eigenvalue weighted by Crippen LogP contribution is -2.35. The fraction of sp³-hybridized carbons (Fsp3) is 0.400. The highest BCUT2D eigenvalue weighted by molar-refractivity contribution is 5.92. The van der Waals surface area contributed by atoms with E-state index in [1.165, 1.54) is 6.07 Å². The molecule has 0 spiro atoms. The number of benzene rings is 2. The summed E-state index contributed by atoms with van der Waals surface area (Å²) in [6.45, 7) is 2.34. The first-order valence-corrected chi connectivity index (χ1v) is 13.7. The third-order valence-corrected chi connectivity index (χ3v) is 8.25. The summed E-state index contributed by atoms with van der Waals surface area (Å²) >= 11 is 0. The number of imidazole rings is 1. The predicted molar refractivity (Wildman–Crippen MR) is 151 cm³/mol. The summed E-state index contributed by atoms with van der Waals surface area (Å²) in [6.07, 6.45) is 5.25. The third-order valence-electron chi connectivity index (χ3n) is 8.25. The molecule has 2 aromatic heterocycles. The number of nitriles is 1. The number of hydrogen-bond donors (Lipinski definition) is 2. The molecule has 0 radical (unpaired) electrons. The van der Waals surface area contributed by atoms with E-state index in [0.717, 1.165) is 55.6 Å². The predicted octanol–water partition coefficient (Wildman–Crippen LogP) is 5.27. The Morgan fingerprint density at radius 1 is 1.17 bits per heavy atom. The van der Waals surface area contributed by atoms with Crippen molar-refractivity contribution in [3.05, 3.63) is 77.0 Å². The largest absolute Gasteiger partial charge is 0.478 e. The Bertz CT molecular complexity index is 1630. The van der Waals surface area contributed by atoms with Crippen LogP contribution in [-0.4, -0.2) is 55.1 Å². The number of hydrogen-bond acceptors (Lipinski definition) is 7. The van der Waals surface area contributed by atoms with Crippen LogP contribution in [0.4, 0.5) is 8.78 Å². The first-order chi connectivity index (χ1) is 19.9. The molecule has 220 valence electrons. The van der Waals surface area contributed by atoms with E-state index in [1.54, 1.807) is 36.4 Å². The number of aromatic nitrogens is 4. The van der Waals surface area contributed by atoms with E-state index in [1.807, 2.05) is 21.5 Å². The number of ether oxygens (including phenoxy) is 1.